The van der Waals surface area contributed by atoms with Gasteiger partial charge in [-0.15, -0.1) is 16.4 Å². The van der Waals surface area contributed by atoms with E-state index < -0.39 is 0 Å². The third kappa shape index (κ3) is 6.49. The number of hydrogen-bond donors (Lipinski definition) is 0. The minimum atomic E-state index is 0.172. The Morgan fingerprint density at radius 3 is 1.45 bits per heavy atom. The minimum absolute atomic E-state index is 0.172. The molecule has 3 aromatic heterocycles. The molecule has 4 aliphatic rings. The molecule has 5 nitrogen and oxygen atoms in total. The van der Waals surface area contributed by atoms with E-state index in [1.807, 2.05) is 48.5 Å². The van der Waals surface area contributed by atoms with Crippen molar-refractivity contribution in [1.29, 1.82) is 0 Å². The van der Waals surface area contributed by atoms with Gasteiger partial charge in [-0.2, -0.15) is 9.97 Å². The molecule has 10 radical (unpaired) electrons. The predicted octanol–water partition coefficient (Wildman–Crippen LogP) is 9.17. The van der Waals surface area contributed by atoms with Gasteiger partial charge in [0.1, 0.15) is 39.2 Å². The van der Waals surface area contributed by atoms with Crippen LogP contribution >= 0.6 is 0 Å². The summed E-state index contributed by atoms with van der Waals surface area (Å²) in [6.45, 7) is 0. The number of hydrogen-bond acceptors (Lipinski definition) is 3. The maximum atomic E-state index is 6.89. The lowest BCUT2D eigenvalue weighted by atomic mass is 9.48. The van der Waals surface area contributed by atoms with E-state index in [1.54, 1.807) is 0 Å². The van der Waals surface area contributed by atoms with Gasteiger partial charge in [0.05, 0.1) is 27.8 Å². The van der Waals surface area contributed by atoms with Crippen molar-refractivity contribution in [2.45, 2.75) is 43.9 Å². The average molecular weight is 899 g/mol. The molecule has 4 bridgehead atoms. The van der Waals surface area contributed by atoms with Crippen LogP contribution in [0.5, 0.6) is 0 Å². The van der Waals surface area contributed by atoms with Gasteiger partial charge in [-0.25, -0.2) is 4.98 Å². The summed E-state index contributed by atoms with van der Waals surface area (Å²) in [5, 5.41) is 4.30. The lowest BCUT2D eigenvalue weighted by Crippen LogP contribution is -2.55. The molecule has 0 aliphatic heterocycles. The average Bonchev–Trinajstić information content (AvgIpc) is 3.93. The normalized spacial score (nSPS) is 19.4. The van der Waals surface area contributed by atoms with Crippen molar-refractivity contribution in [1.82, 2.24) is 24.1 Å². The second-order valence-corrected chi connectivity index (χ2v) is 20.5. The summed E-state index contributed by atoms with van der Waals surface area (Å²) in [7, 11) is 33.3. The number of fused-ring (bicyclic) bond motifs is 7. The van der Waals surface area contributed by atoms with Gasteiger partial charge < -0.3 is 4.57 Å². The van der Waals surface area contributed by atoms with Crippen LogP contribution in [0.15, 0.2) is 164 Å². The fourth-order valence-corrected chi connectivity index (χ4v) is 13.7. The predicted molar refractivity (Wildman–Crippen MR) is 297 cm³/mol. The van der Waals surface area contributed by atoms with E-state index in [0.29, 0.717) is 23.2 Å². The number of benzene rings is 8. The Hall–Kier alpha value is -7.31. The molecule has 15 rings (SSSR count). The van der Waals surface area contributed by atoms with Crippen LogP contribution in [0.2, 0.25) is 0 Å². The molecule has 0 unspecified atom stereocenters. The Balaban J connectivity index is 1.06. The molecule has 0 atom stereocenters. The summed E-state index contributed by atoms with van der Waals surface area (Å²) in [5.41, 5.74) is 12.7. The van der Waals surface area contributed by atoms with Crippen LogP contribution in [0.4, 0.5) is 0 Å². The van der Waals surface area contributed by atoms with Crippen molar-refractivity contribution in [2.24, 2.45) is 17.8 Å². The molecule has 11 aromatic rings. The standard InChI is InChI=1S/C61H42B5N5/c62-51-50(52(63)54(65)55(66)53(51)64)45-18-11-21-48(49(45)37-12-3-1-4-13-37)70-46-19-9-7-16-41(46)43-26-27-44-42-17-8-10-20-47(42)71(57(44)56(43)70)60-68-58(38-14-5-2-6-15-38)67-59(69-60)39-22-24-40(25-23-39)61-31-34-28-35(32-61)30-36(29-34)33-61/h1-27,34-36H,28-33H2. The van der Waals surface area contributed by atoms with E-state index in [-0.39, 0.29) is 32.7 Å². The van der Waals surface area contributed by atoms with E-state index >= 15 is 0 Å². The zero-order chi connectivity index (χ0) is 47.7. The van der Waals surface area contributed by atoms with Crippen LogP contribution in [0.3, 0.4) is 0 Å². The zero-order valence-electron chi connectivity index (χ0n) is 39.2. The third-order valence-corrected chi connectivity index (χ3v) is 16.4. The summed E-state index contributed by atoms with van der Waals surface area (Å²) in [6.07, 6.45) is 8.20. The first-order valence-electron chi connectivity index (χ1n) is 24.8. The molecule has 0 spiro atoms. The number of nitrogens with zero attached hydrogens (tertiary/aromatic N) is 5. The van der Waals surface area contributed by atoms with E-state index in [0.717, 1.165) is 94.9 Å². The van der Waals surface area contributed by atoms with Gasteiger partial charge in [0, 0.05) is 38.2 Å². The van der Waals surface area contributed by atoms with Crippen molar-refractivity contribution in [3.63, 3.8) is 0 Å². The summed E-state index contributed by atoms with van der Waals surface area (Å²) in [5.74, 6) is 4.36. The highest BCUT2D eigenvalue weighted by Crippen LogP contribution is 2.61. The molecular formula is C61H42B5N5. The lowest BCUT2D eigenvalue weighted by molar-refractivity contribution is -0.00518. The molecule has 10 heteroatoms. The summed E-state index contributed by atoms with van der Waals surface area (Å²) in [4.78, 5) is 16.2. The van der Waals surface area contributed by atoms with Crippen LogP contribution in [0, 0.1) is 17.8 Å². The Bertz CT molecular complexity index is 3910. The van der Waals surface area contributed by atoms with Gasteiger partial charge >= 0.3 is 0 Å². The Labute approximate surface area is 419 Å². The Kier molecular flexibility index (Phi) is 9.66. The Morgan fingerprint density at radius 2 is 0.873 bits per heavy atom. The van der Waals surface area contributed by atoms with Crippen molar-refractivity contribution >= 4 is 110 Å². The molecule has 4 fully saturated rings. The third-order valence-electron chi connectivity index (χ3n) is 16.4. The second-order valence-electron chi connectivity index (χ2n) is 20.5. The SMILES string of the molecule is [B]c1c([B])c([B])c(-c2cccc(-n3c4ccccc4c4ccc5c6ccccc6n(-c6nc(-c7ccccc7)nc(-c7ccc(C89CC%10CC(CC(C%10)C8)C9)cc7)n6)c5c43)c2-c2ccccc2)c([B])c1[B]. The van der Waals surface area contributed by atoms with Crippen molar-refractivity contribution in [3.8, 4) is 56.7 Å². The van der Waals surface area contributed by atoms with Gasteiger partial charge in [0.2, 0.25) is 5.95 Å². The molecule has 4 aliphatic carbocycles. The molecule has 3 heterocycles. The zero-order valence-corrected chi connectivity index (χ0v) is 39.2. The fourth-order valence-electron chi connectivity index (χ4n) is 13.7. The van der Waals surface area contributed by atoms with Crippen molar-refractivity contribution < 1.29 is 0 Å². The summed E-state index contributed by atoms with van der Waals surface area (Å²) < 4.78 is 4.61. The largest absolute Gasteiger partial charge is 0.307 e. The van der Waals surface area contributed by atoms with Gasteiger partial charge in [0.25, 0.3) is 0 Å². The maximum Gasteiger partial charge on any atom is 0.238 e. The number of aromatic nitrogens is 5. The van der Waals surface area contributed by atoms with Gasteiger partial charge in [-0.1, -0.05) is 157 Å². The molecule has 8 aromatic carbocycles. The molecule has 0 N–H and O–H groups in total. The lowest BCUT2D eigenvalue weighted by Gasteiger charge is -2.57. The molecule has 0 saturated heterocycles. The van der Waals surface area contributed by atoms with Gasteiger partial charge in [-0.3, -0.25) is 4.57 Å². The van der Waals surface area contributed by atoms with E-state index in [2.05, 4.69) is 124 Å². The monoisotopic (exact) mass is 899 g/mol. The first-order valence-corrected chi connectivity index (χ1v) is 24.8. The van der Waals surface area contributed by atoms with Crippen molar-refractivity contribution in [3.05, 3.63) is 169 Å². The van der Waals surface area contributed by atoms with Crippen LogP contribution in [0.25, 0.3) is 100 Å². The van der Waals surface area contributed by atoms with E-state index in [9.17, 15) is 0 Å². The highest BCUT2D eigenvalue weighted by molar-refractivity contribution is 6.68. The quantitative estimate of drug-likeness (QED) is 0.150. The highest BCUT2D eigenvalue weighted by Gasteiger charge is 2.51. The van der Waals surface area contributed by atoms with E-state index in [4.69, 9.17) is 54.2 Å². The van der Waals surface area contributed by atoms with E-state index in [1.165, 1.54) is 44.1 Å². The highest BCUT2D eigenvalue weighted by atomic mass is 15.2. The summed E-state index contributed by atoms with van der Waals surface area (Å²) in [6, 6.07) is 57.6. The number of rotatable bonds is 7. The summed E-state index contributed by atoms with van der Waals surface area (Å²) >= 11 is 0. The molecular weight excluding hydrogens is 857 g/mol. The van der Waals surface area contributed by atoms with Crippen LogP contribution in [-0.4, -0.2) is 63.3 Å². The topological polar surface area (TPSA) is 48.5 Å². The fraction of sp³-hybridized carbons (Fsp3) is 0.164. The second kappa shape index (κ2) is 16.1. The molecule has 71 heavy (non-hydrogen) atoms. The molecule has 326 valence electrons. The van der Waals surface area contributed by atoms with Gasteiger partial charge in [0.15, 0.2) is 11.6 Å². The smallest absolute Gasteiger partial charge is 0.238 e. The maximum absolute atomic E-state index is 6.89. The minimum Gasteiger partial charge on any atom is -0.307 e. The van der Waals surface area contributed by atoms with Crippen molar-refractivity contribution in [2.75, 3.05) is 0 Å². The van der Waals surface area contributed by atoms with Gasteiger partial charge in [-0.05, 0) is 102 Å². The van der Waals surface area contributed by atoms with Crippen LogP contribution < -0.4 is 27.3 Å². The molecule has 4 saturated carbocycles. The molecule has 0 amide bonds. The Morgan fingerprint density at radius 1 is 0.394 bits per heavy atom. The van der Waals surface area contributed by atoms with Crippen LogP contribution in [-0.2, 0) is 5.41 Å². The first-order chi connectivity index (χ1) is 34.7. The number of para-hydroxylation sites is 2. The van der Waals surface area contributed by atoms with Crippen LogP contribution in [0.1, 0.15) is 44.1 Å². The first kappa shape index (κ1) is 42.6.